The summed E-state index contributed by atoms with van der Waals surface area (Å²) in [5.41, 5.74) is 1.08. The third kappa shape index (κ3) is 3.80. The maximum absolute atomic E-state index is 11.7. The first kappa shape index (κ1) is 14.2. The lowest BCUT2D eigenvalue weighted by Crippen LogP contribution is -2.26. The van der Waals surface area contributed by atoms with Crippen LogP contribution in [0.3, 0.4) is 0 Å². The Balaban J connectivity index is 2.95. The van der Waals surface area contributed by atoms with Crippen molar-refractivity contribution in [3.8, 4) is 0 Å². The van der Waals surface area contributed by atoms with Gasteiger partial charge < -0.3 is 5.11 Å². The van der Waals surface area contributed by atoms with Gasteiger partial charge in [0.05, 0.1) is 11.5 Å². The Morgan fingerprint density at radius 2 is 1.71 bits per heavy atom. The van der Waals surface area contributed by atoms with Crippen molar-refractivity contribution < 1.29 is 13.5 Å². The minimum Gasteiger partial charge on any atom is -0.395 e. The van der Waals surface area contributed by atoms with Crippen LogP contribution in [0.15, 0.2) is 29.2 Å². The van der Waals surface area contributed by atoms with E-state index in [2.05, 4.69) is 25.5 Å². The molecule has 0 heterocycles. The summed E-state index contributed by atoms with van der Waals surface area (Å²) >= 11 is 0. The molecule has 0 aromatic heterocycles. The molecule has 0 saturated carbocycles. The van der Waals surface area contributed by atoms with Crippen molar-refractivity contribution in [2.24, 2.45) is 0 Å². The first-order valence-electron chi connectivity index (χ1n) is 5.48. The van der Waals surface area contributed by atoms with Crippen LogP contribution in [-0.4, -0.2) is 26.7 Å². The van der Waals surface area contributed by atoms with E-state index < -0.39 is 10.0 Å². The van der Waals surface area contributed by atoms with E-state index in [0.717, 1.165) is 5.56 Å². The molecule has 0 unspecified atom stereocenters. The molecule has 0 amide bonds. The van der Waals surface area contributed by atoms with Crippen molar-refractivity contribution >= 4 is 10.0 Å². The minimum absolute atomic E-state index is 0.000813. The minimum atomic E-state index is -3.49. The van der Waals surface area contributed by atoms with Gasteiger partial charge >= 0.3 is 0 Å². The lowest BCUT2D eigenvalue weighted by Gasteiger charge is -2.19. The average molecular weight is 257 g/mol. The molecule has 4 nitrogen and oxygen atoms in total. The van der Waals surface area contributed by atoms with Gasteiger partial charge in [0.1, 0.15) is 0 Å². The summed E-state index contributed by atoms with van der Waals surface area (Å²) in [5, 5.41) is 8.60. The molecule has 0 aliphatic carbocycles. The number of aliphatic hydroxyl groups excluding tert-OH is 1. The molecule has 2 N–H and O–H groups in total. The summed E-state index contributed by atoms with van der Waals surface area (Å²) in [4.78, 5) is 0.221. The molecular formula is C12H19NO3S. The molecule has 0 fully saturated rings. The van der Waals surface area contributed by atoms with Gasteiger partial charge in [0.25, 0.3) is 0 Å². The first-order valence-corrected chi connectivity index (χ1v) is 6.97. The highest BCUT2D eigenvalue weighted by atomic mass is 32.2. The summed E-state index contributed by atoms with van der Waals surface area (Å²) < 4.78 is 25.8. The summed E-state index contributed by atoms with van der Waals surface area (Å²) in [6.07, 6.45) is 0. The van der Waals surface area contributed by atoms with Crippen LogP contribution in [0.2, 0.25) is 0 Å². The SMILES string of the molecule is CC(C)(C)c1ccc(S(=O)(=O)NCCO)cc1. The van der Waals surface area contributed by atoms with Gasteiger partial charge in [-0.3, -0.25) is 0 Å². The van der Waals surface area contributed by atoms with Crippen LogP contribution in [0, 0.1) is 0 Å². The molecule has 5 heteroatoms. The zero-order valence-electron chi connectivity index (χ0n) is 10.4. The lowest BCUT2D eigenvalue weighted by molar-refractivity contribution is 0.301. The Morgan fingerprint density at radius 1 is 1.18 bits per heavy atom. The quantitative estimate of drug-likeness (QED) is 0.853. The summed E-state index contributed by atoms with van der Waals surface area (Å²) in [7, 11) is -3.49. The van der Waals surface area contributed by atoms with Crippen molar-refractivity contribution in [2.45, 2.75) is 31.1 Å². The number of aliphatic hydroxyl groups is 1. The second kappa shape index (κ2) is 5.16. The van der Waals surface area contributed by atoms with E-state index >= 15 is 0 Å². The lowest BCUT2D eigenvalue weighted by atomic mass is 9.87. The van der Waals surface area contributed by atoms with E-state index in [-0.39, 0.29) is 23.5 Å². The fraction of sp³-hybridized carbons (Fsp3) is 0.500. The standard InChI is InChI=1S/C12H19NO3S/c1-12(2,3)10-4-6-11(7-5-10)17(15,16)13-8-9-14/h4-7,13-14H,8-9H2,1-3H3. The summed E-state index contributed by atoms with van der Waals surface area (Å²) in [6.45, 7) is 6.03. The zero-order chi connectivity index (χ0) is 13.1. The highest BCUT2D eigenvalue weighted by Crippen LogP contribution is 2.23. The average Bonchev–Trinajstić information content (AvgIpc) is 2.25. The van der Waals surface area contributed by atoms with Gasteiger partial charge in [-0.15, -0.1) is 0 Å². The molecule has 17 heavy (non-hydrogen) atoms. The van der Waals surface area contributed by atoms with Crippen LogP contribution >= 0.6 is 0 Å². The Hall–Kier alpha value is -0.910. The Labute approximate surface area is 103 Å². The number of nitrogens with one attached hydrogen (secondary N) is 1. The number of benzene rings is 1. The van der Waals surface area contributed by atoms with Gasteiger partial charge in [-0.05, 0) is 23.1 Å². The van der Waals surface area contributed by atoms with E-state index in [0.29, 0.717) is 0 Å². The number of hydrogen-bond acceptors (Lipinski definition) is 3. The van der Waals surface area contributed by atoms with Crippen molar-refractivity contribution in [1.82, 2.24) is 4.72 Å². The van der Waals surface area contributed by atoms with E-state index in [4.69, 9.17) is 5.11 Å². The van der Waals surface area contributed by atoms with Crippen LogP contribution in [-0.2, 0) is 15.4 Å². The molecular weight excluding hydrogens is 238 g/mol. The van der Waals surface area contributed by atoms with Crippen molar-refractivity contribution in [3.05, 3.63) is 29.8 Å². The molecule has 0 spiro atoms. The third-order valence-corrected chi connectivity index (χ3v) is 3.91. The number of rotatable bonds is 4. The van der Waals surface area contributed by atoms with Crippen LogP contribution in [0.1, 0.15) is 26.3 Å². The Morgan fingerprint density at radius 3 is 2.12 bits per heavy atom. The fourth-order valence-electron chi connectivity index (χ4n) is 1.40. The van der Waals surface area contributed by atoms with E-state index in [1.54, 1.807) is 12.1 Å². The van der Waals surface area contributed by atoms with E-state index in [1.807, 2.05) is 12.1 Å². The topological polar surface area (TPSA) is 66.4 Å². The predicted molar refractivity (Wildman–Crippen MR) is 67.4 cm³/mol. The number of hydrogen-bond donors (Lipinski definition) is 2. The van der Waals surface area contributed by atoms with Crippen molar-refractivity contribution in [2.75, 3.05) is 13.2 Å². The molecule has 0 atom stereocenters. The van der Waals surface area contributed by atoms with Crippen LogP contribution in [0.5, 0.6) is 0 Å². The maximum atomic E-state index is 11.7. The molecule has 1 rings (SSSR count). The van der Waals surface area contributed by atoms with Crippen LogP contribution < -0.4 is 4.72 Å². The Bertz CT molecular complexity index is 458. The highest BCUT2D eigenvalue weighted by Gasteiger charge is 2.16. The van der Waals surface area contributed by atoms with E-state index in [1.165, 1.54) is 0 Å². The second-order valence-corrected chi connectivity index (χ2v) is 6.66. The fourth-order valence-corrected chi connectivity index (χ4v) is 2.42. The second-order valence-electron chi connectivity index (χ2n) is 4.90. The monoisotopic (exact) mass is 257 g/mol. The molecule has 0 aliphatic heterocycles. The van der Waals surface area contributed by atoms with Gasteiger partial charge in [0, 0.05) is 6.54 Å². The molecule has 0 radical (unpaired) electrons. The van der Waals surface area contributed by atoms with Crippen LogP contribution in [0.25, 0.3) is 0 Å². The zero-order valence-corrected chi connectivity index (χ0v) is 11.2. The molecule has 0 bridgehead atoms. The summed E-state index contributed by atoms with van der Waals surface area (Å²) in [5.74, 6) is 0. The molecule has 96 valence electrons. The Kier molecular flexibility index (Phi) is 4.30. The van der Waals surface area contributed by atoms with Gasteiger partial charge in [-0.25, -0.2) is 13.1 Å². The largest absolute Gasteiger partial charge is 0.395 e. The van der Waals surface area contributed by atoms with Crippen LogP contribution in [0.4, 0.5) is 0 Å². The smallest absolute Gasteiger partial charge is 0.240 e. The number of sulfonamides is 1. The molecule has 1 aromatic carbocycles. The maximum Gasteiger partial charge on any atom is 0.240 e. The molecule has 1 aromatic rings. The highest BCUT2D eigenvalue weighted by molar-refractivity contribution is 7.89. The van der Waals surface area contributed by atoms with Crippen molar-refractivity contribution in [3.63, 3.8) is 0 Å². The molecule has 0 saturated heterocycles. The van der Waals surface area contributed by atoms with Gasteiger partial charge in [0.15, 0.2) is 0 Å². The predicted octanol–water partition coefficient (Wildman–Crippen LogP) is 1.25. The van der Waals surface area contributed by atoms with Gasteiger partial charge in [-0.1, -0.05) is 32.9 Å². The summed E-state index contributed by atoms with van der Waals surface area (Å²) in [6, 6.07) is 6.79. The first-order chi connectivity index (χ1) is 7.77. The van der Waals surface area contributed by atoms with Gasteiger partial charge in [0.2, 0.25) is 10.0 Å². The third-order valence-electron chi connectivity index (χ3n) is 2.43. The molecule has 0 aliphatic rings. The van der Waals surface area contributed by atoms with E-state index in [9.17, 15) is 8.42 Å². The van der Waals surface area contributed by atoms with Gasteiger partial charge in [-0.2, -0.15) is 0 Å². The normalized spacial score (nSPS) is 12.7. The van der Waals surface area contributed by atoms with Crippen molar-refractivity contribution in [1.29, 1.82) is 0 Å².